The maximum absolute atomic E-state index is 13.2. The molecule has 0 bridgehead atoms. The molecule has 0 saturated heterocycles. The van der Waals surface area contributed by atoms with E-state index in [2.05, 4.69) is 10.6 Å². The van der Waals surface area contributed by atoms with Gasteiger partial charge in [0.1, 0.15) is 12.4 Å². The number of carbonyl (C=O) groups excluding carboxylic acids is 2. The predicted octanol–water partition coefficient (Wildman–Crippen LogP) is 5.16. The van der Waals surface area contributed by atoms with Gasteiger partial charge in [0, 0.05) is 5.70 Å². The van der Waals surface area contributed by atoms with Gasteiger partial charge in [-0.05, 0) is 62.1 Å². The first-order chi connectivity index (χ1) is 16.5. The number of amides is 2. The summed E-state index contributed by atoms with van der Waals surface area (Å²) in [5, 5.41) is 5.62. The molecule has 182 valence electrons. The molecule has 1 aliphatic rings. The highest BCUT2D eigenvalue weighted by molar-refractivity contribution is 5.95. The second-order valence-corrected chi connectivity index (χ2v) is 7.80. The van der Waals surface area contributed by atoms with E-state index in [-0.39, 0.29) is 25.1 Å². The zero-order valence-electron chi connectivity index (χ0n) is 19.8. The molecule has 1 atom stereocenters. The highest BCUT2D eigenvalue weighted by Crippen LogP contribution is 2.36. The molecule has 0 spiro atoms. The van der Waals surface area contributed by atoms with Crippen molar-refractivity contribution < 1.29 is 28.2 Å². The fourth-order valence-corrected chi connectivity index (χ4v) is 3.70. The average molecular weight is 471 g/mol. The lowest BCUT2D eigenvalue weighted by Crippen LogP contribution is -2.46. The number of halogens is 1. The SMILES string of the molecule is CCCCC1=C(C(=O)OCC)C(c2ccc(OCc3ccc(F)cc3)c(OCC)c2)NC(=O)N1. The van der Waals surface area contributed by atoms with Crippen molar-refractivity contribution in [3.63, 3.8) is 0 Å². The van der Waals surface area contributed by atoms with Crippen molar-refractivity contribution >= 4 is 12.0 Å². The third-order valence-corrected chi connectivity index (χ3v) is 5.34. The highest BCUT2D eigenvalue weighted by Gasteiger charge is 2.34. The fourth-order valence-electron chi connectivity index (χ4n) is 3.70. The molecule has 0 fully saturated rings. The minimum Gasteiger partial charge on any atom is -0.490 e. The van der Waals surface area contributed by atoms with Gasteiger partial charge in [-0.1, -0.05) is 31.5 Å². The van der Waals surface area contributed by atoms with E-state index in [1.165, 1.54) is 12.1 Å². The Labute approximate surface area is 199 Å². The minimum atomic E-state index is -0.690. The van der Waals surface area contributed by atoms with Crippen molar-refractivity contribution in [2.75, 3.05) is 13.2 Å². The van der Waals surface area contributed by atoms with E-state index in [0.717, 1.165) is 18.4 Å². The van der Waals surface area contributed by atoms with Gasteiger partial charge < -0.3 is 24.8 Å². The summed E-state index contributed by atoms with van der Waals surface area (Å²) >= 11 is 0. The molecular formula is C26H31FN2O5. The molecule has 0 aliphatic carbocycles. The molecule has 2 amide bonds. The van der Waals surface area contributed by atoms with Crippen LogP contribution in [-0.4, -0.2) is 25.2 Å². The number of rotatable bonds is 11. The number of urea groups is 1. The Hall–Kier alpha value is -3.55. The number of hydrogen-bond donors (Lipinski definition) is 2. The smallest absolute Gasteiger partial charge is 0.338 e. The summed E-state index contributed by atoms with van der Waals surface area (Å²) < 4.78 is 30.2. The second kappa shape index (κ2) is 12.1. The van der Waals surface area contributed by atoms with Crippen LogP contribution in [0.15, 0.2) is 53.7 Å². The molecule has 2 aromatic carbocycles. The summed E-state index contributed by atoms with van der Waals surface area (Å²) in [4.78, 5) is 25.3. The Bertz CT molecular complexity index is 1040. The van der Waals surface area contributed by atoms with E-state index in [1.807, 2.05) is 13.8 Å². The van der Waals surface area contributed by atoms with E-state index >= 15 is 0 Å². The summed E-state index contributed by atoms with van der Waals surface area (Å²) in [5.41, 5.74) is 2.44. The van der Waals surface area contributed by atoms with Crippen molar-refractivity contribution in [1.29, 1.82) is 0 Å². The molecule has 1 aliphatic heterocycles. The van der Waals surface area contributed by atoms with Crippen molar-refractivity contribution in [1.82, 2.24) is 10.6 Å². The number of unbranched alkanes of at least 4 members (excludes halogenated alkanes) is 1. The third kappa shape index (κ3) is 6.27. The molecule has 0 aromatic heterocycles. The van der Waals surface area contributed by atoms with E-state index < -0.39 is 12.0 Å². The maximum Gasteiger partial charge on any atom is 0.338 e. The Kier molecular flexibility index (Phi) is 8.90. The number of hydrogen-bond acceptors (Lipinski definition) is 5. The van der Waals surface area contributed by atoms with Crippen LogP contribution in [0.3, 0.4) is 0 Å². The molecule has 3 rings (SSSR count). The van der Waals surface area contributed by atoms with E-state index in [0.29, 0.717) is 41.4 Å². The topological polar surface area (TPSA) is 85.9 Å². The number of carbonyl (C=O) groups is 2. The van der Waals surface area contributed by atoms with Gasteiger partial charge in [0.25, 0.3) is 0 Å². The molecule has 2 N–H and O–H groups in total. The molecular weight excluding hydrogens is 439 g/mol. The van der Waals surface area contributed by atoms with Crippen LogP contribution >= 0.6 is 0 Å². The lowest BCUT2D eigenvalue weighted by atomic mass is 9.93. The molecule has 8 heteroatoms. The molecule has 1 heterocycles. The van der Waals surface area contributed by atoms with Crippen molar-refractivity contribution in [3.05, 3.63) is 70.7 Å². The fraction of sp³-hybridized carbons (Fsp3) is 0.385. The van der Waals surface area contributed by atoms with Gasteiger partial charge in [-0.3, -0.25) is 0 Å². The minimum absolute atomic E-state index is 0.227. The summed E-state index contributed by atoms with van der Waals surface area (Å²) in [6.07, 6.45) is 2.31. The number of ether oxygens (including phenoxy) is 3. The van der Waals surface area contributed by atoms with Crippen LogP contribution in [-0.2, 0) is 16.1 Å². The van der Waals surface area contributed by atoms with Crippen molar-refractivity contribution in [3.8, 4) is 11.5 Å². The monoisotopic (exact) mass is 470 g/mol. The first-order valence-electron chi connectivity index (χ1n) is 11.6. The predicted molar refractivity (Wildman–Crippen MR) is 126 cm³/mol. The van der Waals surface area contributed by atoms with E-state index in [4.69, 9.17) is 14.2 Å². The molecule has 0 saturated carbocycles. The van der Waals surface area contributed by atoms with Gasteiger partial charge >= 0.3 is 12.0 Å². The molecule has 2 aromatic rings. The summed E-state index contributed by atoms with van der Waals surface area (Å²) in [6, 6.07) is 10.3. The largest absolute Gasteiger partial charge is 0.490 e. The third-order valence-electron chi connectivity index (χ3n) is 5.34. The first-order valence-corrected chi connectivity index (χ1v) is 11.6. The Balaban J connectivity index is 1.93. The van der Waals surface area contributed by atoms with Crippen molar-refractivity contribution in [2.45, 2.75) is 52.7 Å². The lowest BCUT2D eigenvalue weighted by molar-refractivity contribution is -0.139. The normalized spacial score (nSPS) is 15.4. The number of nitrogens with one attached hydrogen (secondary N) is 2. The van der Waals surface area contributed by atoms with Crippen LogP contribution in [0, 0.1) is 5.82 Å². The van der Waals surface area contributed by atoms with Crippen LogP contribution in [0.25, 0.3) is 0 Å². The second-order valence-electron chi connectivity index (χ2n) is 7.80. The quantitative estimate of drug-likeness (QED) is 0.443. The number of allylic oxidation sites excluding steroid dienone is 1. The molecule has 7 nitrogen and oxygen atoms in total. The highest BCUT2D eigenvalue weighted by atomic mass is 19.1. The van der Waals surface area contributed by atoms with Gasteiger partial charge in [-0.25, -0.2) is 14.0 Å². The lowest BCUT2D eigenvalue weighted by Gasteiger charge is -2.30. The van der Waals surface area contributed by atoms with Gasteiger partial charge in [0.05, 0.1) is 24.8 Å². The summed E-state index contributed by atoms with van der Waals surface area (Å²) in [7, 11) is 0. The van der Waals surface area contributed by atoms with Gasteiger partial charge in [-0.15, -0.1) is 0 Å². The van der Waals surface area contributed by atoms with Gasteiger partial charge in [0.15, 0.2) is 11.5 Å². The van der Waals surface area contributed by atoms with Gasteiger partial charge in [0.2, 0.25) is 0 Å². The maximum atomic E-state index is 13.2. The number of benzene rings is 2. The Morgan fingerprint density at radius 1 is 1.00 bits per heavy atom. The summed E-state index contributed by atoms with van der Waals surface area (Å²) in [5.74, 6) is 0.202. The Morgan fingerprint density at radius 3 is 2.44 bits per heavy atom. The molecule has 1 unspecified atom stereocenters. The molecule has 0 radical (unpaired) electrons. The Morgan fingerprint density at radius 2 is 1.76 bits per heavy atom. The van der Waals surface area contributed by atoms with Crippen LogP contribution in [0.5, 0.6) is 11.5 Å². The van der Waals surface area contributed by atoms with E-state index in [1.54, 1.807) is 37.3 Å². The molecule has 34 heavy (non-hydrogen) atoms. The number of esters is 1. The zero-order chi connectivity index (χ0) is 24.5. The van der Waals surface area contributed by atoms with Crippen LogP contribution < -0.4 is 20.1 Å². The van der Waals surface area contributed by atoms with E-state index in [9.17, 15) is 14.0 Å². The van der Waals surface area contributed by atoms with Gasteiger partial charge in [-0.2, -0.15) is 0 Å². The van der Waals surface area contributed by atoms with Crippen molar-refractivity contribution in [2.24, 2.45) is 0 Å². The first kappa shape index (κ1) is 25.1. The summed E-state index contributed by atoms with van der Waals surface area (Å²) in [6.45, 7) is 6.51. The zero-order valence-corrected chi connectivity index (χ0v) is 19.8. The van der Waals surface area contributed by atoms with Crippen LogP contribution in [0.1, 0.15) is 57.2 Å². The standard InChI is InChI=1S/C26H31FN2O5/c1-4-7-8-20-23(25(30)33-6-3)24(29-26(31)28-20)18-11-14-21(22(15-18)32-5-2)34-16-17-9-12-19(27)13-10-17/h9-15,24H,4-8,16H2,1-3H3,(H2,28,29,31). The average Bonchev–Trinajstić information content (AvgIpc) is 2.82. The van der Waals surface area contributed by atoms with Crippen LogP contribution in [0.2, 0.25) is 0 Å². The van der Waals surface area contributed by atoms with Crippen LogP contribution in [0.4, 0.5) is 9.18 Å².